The Labute approximate surface area is 193 Å². The predicted octanol–water partition coefficient (Wildman–Crippen LogP) is 2.67. The average Bonchev–Trinajstić information content (AvgIpc) is 2.73. The van der Waals surface area contributed by atoms with Crippen LogP contribution in [0.4, 0.5) is 4.39 Å². The molecule has 1 amide bonds. The van der Waals surface area contributed by atoms with E-state index in [-0.39, 0.29) is 42.5 Å². The second-order valence-corrected chi connectivity index (χ2v) is 12.8. The zero-order valence-electron chi connectivity index (χ0n) is 18.0. The summed E-state index contributed by atoms with van der Waals surface area (Å²) in [6, 6.07) is 0. The molecular formula is C22H30ClFN2O5S. The molecule has 10 heteroatoms. The summed E-state index contributed by atoms with van der Waals surface area (Å²) in [7, 11) is -4.57. The SMILES string of the molecule is NC(=O)C1C=C(Cl)C(OCC23CC4CC(CC(C4)C2)C3)=CC1(F)S(=O)(=O)N1CCOCC1. The molecule has 1 heterocycles. The largest absolute Gasteiger partial charge is 0.492 e. The molecule has 178 valence electrons. The van der Waals surface area contributed by atoms with E-state index >= 15 is 4.39 Å². The van der Waals surface area contributed by atoms with Gasteiger partial charge < -0.3 is 15.2 Å². The summed E-state index contributed by atoms with van der Waals surface area (Å²) >= 11 is 6.34. The number of amides is 1. The molecule has 4 saturated carbocycles. The Hall–Kier alpha value is -1.16. The second kappa shape index (κ2) is 7.96. The standard InChI is InChI=1S/C22H30ClFN2O5S/c23-18-8-17(20(25)27)22(24,32(28,29)26-1-3-30-4-2-26)12-19(18)31-13-21-9-14-5-15(10-21)7-16(6-14)11-21/h8,12,14-17H,1-7,9-11,13H2,(H2,25,27). The summed E-state index contributed by atoms with van der Waals surface area (Å²) in [5, 5.41) is -3.05. The third-order valence-corrected chi connectivity index (χ3v) is 10.5. The first-order valence-corrected chi connectivity index (χ1v) is 13.2. The van der Waals surface area contributed by atoms with Gasteiger partial charge in [0.25, 0.3) is 15.0 Å². The van der Waals surface area contributed by atoms with Crippen LogP contribution in [0.15, 0.2) is 22.9 Å². The fourth-order valence-electron chi connectivity index (χ4n) is 6.98. The van der Waals surface area contributed by atoms with Gasteiger partial charge in [-0.25, -0.2) is 12.8 Å². The van der Waals surface area contributed by atoms with E-state index in [1.165, 1.54) is 19.3 Å². The van der Waals surface area contributed by atoms with Gasteiger partial charge in [-0.1, -0.05) is 11.6 Å². The lowest BCUT2D eigenvalue weighted by Gasteiger charge is -2.56. The molecule has 2 unspecified atom stereocenters. The summed E-state index contributed by atoms with van der Waals surface area (Å²) in [6.07, 6.45) is 9.06. The molecule has 4 bridgehead atoms. The molecule has 5 aliphatic carbocycles. The van der Waals surface area contributed by atoms with Gasteiger partial charge in [-0.2, -0.15) is 4.31 Å². The van der Waals surface area contributed by atoms with Crippen molar-refractivity contribution in [3.63, 3.8) is 0 Å². The van der Waals surface area contributed by atoms with E-state index in [1.54, 1.807) is 0 Å². The first-order valence-electron chi connectivity index (χ1n) is 11.4. The number of carbonyl (C=O) groups is 1. The molecule has 32 heavy (non-hydrogen) atoms. The number of morpholine rings is 1. The van der Waals surface area contributed by atoms with E-state index in [0.717, 1.165) is 53.5 Å². The minimum Gasteiger partial charge on any atom is -0.492 e. The van der Waals surface area contributed by atoms with Crippen LogP contribution in [-0.2, 0) is 24.3 Å². The van der Waals surface area contributed by atoms with Gasteiger partial charge in [0.2, 0.25) is 5.91 Å². The molecule has 5 fully saturated rings. The monoisotopic (exact) mass is 488 g/mol. The lowest BCUT2D eigenvalue weighted by atomic mass is 9.50. The van der Waals surface area contributed by atoms with Crippen LogP contribution in [0, 0.1) is 29.1 Å². The Morgan fingerprint density at radius 3 is 2.28 bits per heavy atom. The average molecular weight is 489 g/mol. The zero-order chi connectivity index (χ0) is 22.7. The van der Waals surface area contributed by atoms with Crippen LogP contribution in [-0.4, -0.2) is 56.5 Å². The van der Waals surface area contributed by atoms with E-state index < -0.39 is 26.8 Å². The van der Waals surface area contributed by atoms with Crippen LogP contribution < -0.4 is 5.73 Å². The molecule has 0 spiro atoms. The van der Waals surface area contributed by atoms with Crippen LogP contribution in [0.2, 0.25) is 0 Å². The number of ether oxygens (including phenoxy) is 2. The summed E-state index contributed by atoms with van der Waals surface area (Å²) in [4.78, 5) is 12.0. The maximum absolute atomic E-state index is 16.3. The number of carbonyl (C=O) groups excluding carboxylic acids is 1. The highest BCUT2D eigenvalue weighted by Gasteiger charge is 2.57. The third-order valence-electron chi connectivity index (χ3n) is 8.01. The van der Waals surface area contributed by atoms with Gasteiger partial charge in [0.1, 0.15) is 11.7 Å². The van der Waals surface area contributed by atoms with Crippen molar-refractivity contribution in [1.29, 1.82) is 0 Å². The molecule has 0 aromatic rings. The molecule has 1 saturated heterocycles. The molecule has 6 aliphatic rings. The van der Waals surface area contributed by atoms with Crippen molar-refractivity contribution in [2.45, 2.75) is 43.5 Å². The molecule has 0 aromatic heterocycles. The first-order chi connectivity index (χ1) is 15.1. The van der Waals surface area contributed by atoms with Crippen LogP contribution in [0.25, 0.3) is 0 Å². The fraction of sp³-hybridized carbons (Fsp3) is 0.773. The summed E-state index contributed by atoms with van der Waals surface area (Å²) < 4.78 is 55.1. The topological polar surface area (TPSA) is 98.9 Å². The van der Waals surface area contributed by atoms with Crippen LogP contribution in [0.1, 0.15) is 38.5 Å². The van der Waals surface area contributed by atoms with Crippen LogP contribution >= 0.6 is 11.6 Å². The Bertz CT molecular complexity index is 926. The lowest BCUT2D eigenvalue weighted by Crippen LogP contribution is -2.55. The molecule has 2 atom stereocenters. The van der Waals surface area contributed by atoms with Gasteiger partial charge in [0.15, 0.2) is 0 Å². The zero-order valence-corrected chi connectivity index (χ0v) is 19.5. The number of alkyl halides is 1. The van der Waals surface area contributed by atoms with Gasteiger partial charge >= 0.3 is 0 Å². The summed E-state index contributed by atoms with van der Waals surface area (Å²) in [5.74, 6) is -0.708. The number of allylic oxidation sites excluding steroid dienone is 1. The van der Waals surface area contributed by atoms with E-state index in [9.17, 15) is 13.2 Å². The number of rotatable bonds is 6. The minimum absolute atomic E-state index is 0.00817. The highest BCUT2D eigenvalue weighted by molar-refractivity contribution is 7.90. The van der Waals surface area contributed by atoms with Crippen molar-refractivity contribution < 1.29 is 27.1 Å². The molecule has 1 aliphatic heterocycles. The second-order valence-electron chi connectivity index (χ2n) is 10.3. The number of sulfonamides is 1. The van der Waals surface area contributed by atoms with Gasteiger partial charge in [-0.3, -0.25) is 4.79 Å². The maximum atomic E-state index is 16.3. The number of nitrogens with zero attached hydrogens (tertiary/aromatic N) is 1. The summed E-state index contributed by atoms with van der Waals surface area (Å²) in [5.41, 5.74) is 5.43. The Morgan fingerprint density at radius 2 is 1.75 bits per heavy atom. The van der Waals surface area contributed by atoms with Gasteiger partial charge in [-0.05, 0) is 62.4 Å². The normalized spacial score (nSPS) is 41.8. The highest BCUT2D eigenvalue weighted by atomic mass is 35.5. The minimum atomic E-state index is -4.57. The van der Waals surface area contributed by atoms with E-state index in [1.807, 2.05) is 0 Å². The van der Waals surface area contributed by atoms with Crippen molar-refractivity contribution in [2.24, 2.45) is 34.8 Å². The quantitative estimate of drug-likeness (QED) is 0.619. The van der Waals surface area contributed by atoms with Crippen molar-refractivity contribution in [3.05, 3.63) is 22.9 Å². The van der Waals surface area contributed by atoms with Gasteiger partial charge in [-0.15, -0.1) is 0 Å². The van der Waals surface area contributed by atoms with Crippen molar-refractivity contribution in [3.8, 4) is 0 Å². The summed E-state index contributed by atoms with van der Waals surface area (Å²) in [6.45, 7) is 0.711. The van der Waals surface area contributed by atoms with Gasteiger partial charge in [0, 0.05) is 24.6 Å². The third kappa shape index (κ3) is 3.69. The first kappa shape index (κ1) is 22.6. The number of hydrogen-bond acceptors (Lipinski definition) is 5. The molecule has 0 aromatic carbocycles. The number of hydrogen-bond donors (Lipinski definition) is 1. The van der Waals surface area contributed by atoms with E-state index in [2.05, 4.69) is 0 Å². The molecule has 7 nitrogen and oxygen atoms in total. The molecular weight excluding hydrogens is 459 g/mol. The smallest absolute Gasteiger partial charge is 0.261 e. The lowest BCUT2D eigenvalue weighted by molar-refractivity contribution is -0.122. The van der Waals surface area contributed by atoms with E-state index in [0.29, 0.717) is 6.61 Å². The predicted molar refractivity (Wildman–Crippen MR) is 116 cm³/mol. The fourth-order valence-corrected chi connectivity index (χ4v) is 9.01. The Balaban J connectivity index is 1.42. The molecule has 2 N–H and O–H groups in total. The van der Waals surface area contributed by atoms with E-state index in [4.69, 9.17) is 26.8 Å². The van der Waals surface area contributed by atoms with Crippen LogP contribution in [0.5, 0.6) is 0 Å². The Kier molecular flexibility index (Phi) is 5.63. The van der Waals surface area contributed by atoms with Gasteiger partial charge in [0.05, 0.1) is 24.9 Å². The van der Waals surface area contributed by atoms with Crippen molar-refractivity contribution in [2.75, 3.05) is 32.9 Å². The number of primary amides is 1. The maximum Gasteiger partial charge on any atom is 0.261 e. The molecule has 6 rings (SSSR count). The highest BCUT2D eigenvalue weighted by Crippen LogP contribution is 2.60. The number of nitrogens with two attached hydrogens (primary N) is 1. The number of halogens is 2. The van der Waals surface area contributed by atoms with Crippen molar-refractivity contribution in [1.82, 2.24) is 4.31 Å². The van der Waals surface area contributed by atoms with Crippen LogP contribution in [0.3, 0.4) is 0 Å². The van der Waals surface area contributed by atoms with Crippen molar-refractivity contribution >= 4 is 27.5 Å². The molecule has 0 radical (unpaired) electrons. The Morgan fingerprint density at radius 1 is 1.19 bits per heavy atom.